The highest BCUT2D eigenvalue weighted by molar-refractivity contribution is 7.21. The van der Waals surface area contributed by atoms with Crippen LogP contribution >= 0.6 is 11.3 Å². The fourth-order valence-corrected chi connectivity index (χ4v) is 4.35. The highest BCUT2D eigenvalue weighted by Gasteiger charge is 2.31. The number of amides is 1. The van der Waals surface area contributed by atoms with E-state index < -0.39 is 11.9 Å². The molecule has 0 unspecified atom stereocenters. The molecule has 5 nitrogen and oxygen atoms in total. The van der Waals surface area contributed by atoms with Gasteiger partial charge in [-0.3, -0.25) is 9.59 Å². The molecule has 7 heteroatoms. The molecule has 2 atom stereocenters. The molecule has 1 aromatic heterocycles. The standard InChI is InChI=1S/C17H18FNO4S/c1-23-8-11-14-12(18)3-2-4-13(14)24-15(11)16(20)19-10-6-5-9(7-10)17(21)22/h2-4,9-10H,5-8H2,1H3,(H,19,20)(H,21,22)/t9-,10+/m0/s1. The van der Waals surface area contributed by atoms with Gasteiger partial charge in [0, 0.05) is 28.8 Å². The topological polar surface area (TPSA) is 75.6 Å². The SMILES string of the molecule is COCc1c(C(=O)N[C@@H]2CC[C@H](C(=O)O)C2)sc2cccc(F)c12. The number of carboxylic acids is 1. The van der Waals surface area contributed by atoms with Gasteiger partial charge < -0.3 is 15.2 Å². The molecule has 0 aliphatic heterocycles. The van der Waals surface area contributed by atoms with Gasteiger partial charge in [-0.15, -0.1) is 11.3 Å². The molecule has 0 radical (unpaired) electrons. The predicted molar refractivity (Wildman–Crippen MR) is 88.7 cm³/mol. The van der Waals surface area contributed by atoms with Gasteiger partial charge in [-0.05, 0) is 31.4 Å². The molecular formula is C17H18FNO4S. The summed E-state index contributed by atoms with van der Waals surface area (Å²) in [4.78, 5) is 24.1. The van der Waals surface area contributed by atoms with Crippen LogP contribution in [0.2, 0.25) is 0 Å². The first kappa shape index (κ1) is 16.9. The zero-order valence-electron chi connectivity index (χ0n) is 13.2. The molecule has 1 saturated carbocycles. The van der Waals surface area contributed by atoms with Crippen molar-refractivity contribution in [2.24, 2.45) is 5.92 Å². The molecule has 0 spiro atoms. The van der Waals surface area contributed by atoms with Crippen molar-refractivity contribution in [2.75, 3.05) is 7.11 Å². The van der Waals surface area contributed by atoms with E-state index in [0.29, 0.717) is 39.8 Å². The van der Waals surface area contributed by atoms with E-state index >= 15 is 0 Å². The Balaban J connectivity index is 1.86. The predicted octanol–water partition coefficient (Wildman–Crippen LogP) is 3.17. The summed E-state index contributed by atoms with van der Waals surface area (Å²) in [7, 11) is 1.50. The number of benzene rings is 1. The lowest BCUT2D eigenvalue weighted by Crippen LogP contribution is -2.33. The minimum Gasteiger partial charge on any atom is -0.481 e. The average Bonchev–Trinajstić information content (AvgIpc) is 3.13. The van der Waals surface area contributed by atoms with Gasteiger partial charge in [-0.25, -0.2) is 4.39 Å². The van der Waals surface area contributed by atoms with E-state index in [1.165, 1.54) is 24.5 Å². The number of hydrogen-bond acceptors (Lipinski definition) is 4. The molecule has 1 amide bonds. The number of aliphatic carboxylic acids is 1. The van der Waals surface area contributed by atoms with Crippen LogP contribution in [0.1, 0.15) is 34.5 Å². The van der Waals surface area contributed by atoms with Gasteiger partial charge in [0.05, 0.1) is 17.4 Å². The van der Waals surface area contributed by atoms with Crippen LogP contribution in [0.5, 0.6) is 0 Å². The maximum atomic E-state index is 14.1. The number of carbonyl (C=O) groups is 2. The van der Waals surface area contributed by atoms with Crippen molar-refractivity contribution in [1.29, 1.82) is 0 Å². The zero-order valence-corrected chi connectivity index (χ0v) is 14.0. The highest BCUT2D eigenvalue weighted by atomic mass is 32.1. The van der Waals surface area contributed by atoms with Gasteiger partial charge in [0.1, 0.15) is 5.82 Å². The summed E-state index contributed by atoms with van der Waals surface area (Å²) in [5.74, 6) is -1.90. The summed E-state index contributed by atoms with van der Waals surface area (Å²) in [6.07, 6.45) is 1.63. The number of methoxy groups -OCH3 is 1. The summed E-state index contributed by atoms with van der Waals surface area (Å²) in [6, 6.07) is 4.59. The Kier molecular flexibility index (Phi) is 4.82. The molecule has 1 fully saturated rings. The molecule has 1 aliphatic carbocycles. The van der Waals surface area contributed by atoms with Gasteiger partial charge >= 0.3 is 5.97 Å². The number of halogens is 1. The van der Waals surface area contributed by atoms with E-state index in [-0.39, 0.29) is 24.4 Å². The second kappa shape index (κ2) is 6.86. The Morgan fingerprint density at radius 1 is 1.42 bits per heavy atom. The summed E-state index contributed by atoms with van der Waals surface area (Å²) in [5, 5.41) is 12.4. The van der Waals surface area contributed by atoms with Crippen molar-refractivity contribution in [3.05, 3.63) is 34.5 Å². The van der Waals surface area contributed by atoms with Gasteiger partial charge in [-0.2, -0.15) is 0 Å². The summed E-state index contributed by atoms with van der Waals surface area (Å²) in [6.45, 7) is 0.145. The minimum absolute atomic E-state index is 0.145. The first-order valence-corrected chi connectivity index (χ1v) is 8.55. The summed E-state index contributed by atoms with van der Waals surface area (Å²) in [5.41, 5.74) is 0.542. The van der Waals surface area contributed by atoms with Crippen molar-refractivity contribution in [3.8, 4) is 0 Å². The number of ether oxygens (including phenoxy) is 1. The molecule has 0 saturated heterocycles. The number of fused-ring (bicyclic) bond motifs is 1. The number of hydrogen-bond donors (Lipinski definition) is 2. The molecule has 0 bridgehead atoms. The van der Waals surface area contributed by atoms with Gasteiger partial charge in [-0.1, -0.05) is 6.07 Å². The molecule has 128 valence electrons. The molecule has 2 N–H and O–H groups in total. The third-order valence-electron chi connectivity index (χ3n) is 4.38. The van der Waals surface area contributed by atoms with Gasteiger partial charge in [0.15, 0.2) is 0 Å². The molecule has 3 rings (SSSR count). The van der Waals surface area contributed by atoms with E-state index in [1.54, 1.807) is 12.1 Å². The van der Waals surface area contributed by atoms with Crippen LogP contribution < -0.4 is 5.32 Å². The number of carboxylic acid groups (broad SMARTS) is 1. The third kappa shape index (κ3) is 3.14. The first-order valence-electron chi connectivity index (χ1n) is 7.73. The summed E-state index contributed by atoms with van der Waals surface area (Å²) < 4.78 is 20.0. The van der Waals surface area contributed by atoms with Crippen molar-refractivity contribution in [3.63, 3.8) is 0 Å². The monoisotopic (exact) mass is 351 g/mol. The summed E-state index contributed by atoms with van der Waals surface area (Å²) >= 11 is 1.23. The van der Waals surface area contributed by atoms with Crippen LogP contribution in [0.15, 0.2) is 18.2 Å². The van der Waals surface area contributed by atoms with Crippen LogP contribution in [0.4, 0.5) is 4.39 Å². The zero-order chi connectivity index (χ0) is 17.3. The molecule has 1 heterocycles. The van der Waals surface area contributed by atoms with Crippen molar-refractivity contribution >= 4 is 33.3 Å². The number of rotatable bonds is 5. The molecule has 1 aromatic carbocycles. The second-order valence-electron chi connectivity index (χ2n) is 5.97. The van der Waals surface area contributed by atoms with Crippen molar-refractivity contribution in [1.82, 2.24) is 5.32 Å². The van der Waals surface area contributed by atoms with E-state index in [9.17, 15) is 14.0 Å². The lowest BCUT2D eigenvalue weighted by atomic mass is 10.1. The smallest absolute Gasteiger partial charge is 0.306 e. The van der Waals surface area contributed by atoms with E-state index in [2.05, 4.69) is 5.32 Å². The Morgan fingerprint density at radius 2 is 2.21 bits per heavy atom. The van der Waals surface area contributed by atoms with Crippen LogP contribution in [-0.2, 0) is 16.1 Å². The quantitative estimate of drug-likeness (QED) is 0.868. The lowest BCUT2D eigenvalue weighted by Gasteiger charge is -2.12. The number of thiophene rings is 1. The fraction of sp³-hybridized carbons (Fsp3) is 0.412. The minimum atomic E-state index is -0.823. The molecule has 24 heavy (non-hydrogen) atoms. The highest BCUT2D eigenvalue weighted by Crippen LogP contribution is 2.34. The lowest BCUT2D eigenvalue weighted by molar-refractivity contribution is -0.141. The maximum Gasteiger partial charge on any atom is 0.306 e. The second-order valence-corrected chi connectivity index (χ2v) is 7.03. The maximum absolute atomic E-state index is 14.1. The van der Waals surface area contributed by atoms with Crippen molar-refractivity contribution < 1.29 is 23.8 Å². The van der Waals surface area contributed by atoms with E-state index in [4.69, 9.17) is 9.84 Å². The van der Waals surface area contributed by atoms with Gasteiger partial charge in [0.25, 0.3) is 5.91 Å². The van der Waals surface area contributed by atoms with Crippen LogP contribution in [0, 0.1) is 11.7 Å². The van der Waals surface area contributed by atoms with Crippen LogP contribution in [0.25, 0.3) is 10.1 Å². The van der Waals surface area contributed by atoms with E-state index in [0.717, 1.165) is 0 Å². The average molecular weight is 351 g/mol. The van der Waals surface area contributed by atoms with Crippen LogP contribution in [-0.4, -0.2) is 30.1 Å². The normalized spacial score (nSPS) is 20.4. The van der Waals surface area contributed by atoms with Crippen molar-refractivity contribution in [2.45, 2.75) is 31.9 Å². The first-order chi connectivity index (χ1) is 11.5. The molecule has 1 aliphatic rings. The number of carbonyl (C=O) groups excluding carboxylic acids is 1. The largest absolute Gasteiger partial charge is 0.481 e. The Morgan fingerprint density at radius 3 is 2.88 bits per heavy atom. The Hall–Kier alpha value is -1.99. The third-order valence-corrected chi connectivity index (χ3v) is 5.57. The molecular weight excluding hydrogens is 333 g/mol. The Labute approximate surface area is 142 Å². The Bertz CT molecular complexity index is 788. The number of nitrogens with one attached hydrogen (secondary N) is 1. The fourth-order valence-electron chi connectivity index (χ4n) is 3.22. The van der Waals surface area contributed by atoms with Crippen LogP contribution in [0.3, 0.4) is 0 Å². The van der Waals surface area contributed by atoms with Gasteiger partial charge in [0.2, 0.25) is 0 Å². The van der Waals surface area contributed by atoms with E-state index in [1.807, 2.05) is 0 Å². The molecule has 2 aromatic rings.